The van der Waals surface area contributed by atoms with Crippen LogP contribution in [0.2, 0.25) is 5.32 Å². The molecule has 0 spiro atoms. The van der Waals surface area contributed by atoms with Crippen LogP contribution in [0.4, 0.5) is 0 Å². The number of rotatable bonds is 3. The van der Waals surface area contributed by atoms with Crippen molar-refractivity contribution < 1.29 is 0 Å². The first-order chi connectivity index (χ1) is 7.90. The van der Waals surface area contributed by atoms with Crippen LogP contribution in [-0.4, -0.2) is 38.0 Å². The van der Waals surface area contributed by atoms with E-state index in [1.165, 1.54) is 11.7 Å². The molecule has 3 nitrogen and oxygen atoms in total. The summed E-state index contributed by atoms with van der Waals surface area (Å²) in [6.07, 6.45) is 3.12. The van der Waals surface area contributed by atoms with Crippen LogP contribution in [0.1, 0.15) is 25.1 Å². The van der Waals surface area contributed by atoms with Gasteiger partial charge in [0.1, 0.15) is 0 Å². The van der Waals surface area contributed by atoms with Crippen LogP contribution >= 0.6 is 0 Å². The van der Waals surface area contributed by atoms with Crippen molar-refractivity contribution in [2.75, 3.05) is 13.1 Å². The van der Waals surface area contributed by atoms with E-state index in [-0.39, 0.29) is 0 Å². The molecule has 1 aromatic rings. The molecule has 0 bridgehead atoms. The summed E-state index contributed by atoms with van der Waals surface area (Å²) in [7, 11) is 0. The van der Waals surface area contributed by atoms with Gasteiger partial charge in [0.05, 0.1) is 0 Å². The summed E-state index contributed by atoms with van der Waals surface area (Å²) in [5, 5.41) is 8.53. The third-order valence-electron chi connectivity index (χ3n) is 2.73. The molecule has 16 heavy (non-hydrogen) atoms. The Morgan fingerprint density at radius 2 is 2.44 bits per heavy atom. The Kier molecular flexibility index (Phi) is 4.79. The van der Waals surface area contributed by atoms with Crippen molar-refractivity contribution >= 4 is 15.0 Å². The average Bonchev–Trinajstić information content (AvgIpc) is 2.56. The molecule has 0 radical (unpaired) electrons. The first-order valence-electron chi connectivity index (χ1n) is 5.89. The molecule has 1 fully saturated rings. The molecule has 1 aromatic heterocycles. The molecule has 1 aliphatic heterocycles. The SMILES string of the molecule is CC[Se]C1CCNCC(c2ccccn2)N1. The second-order valence-corrected chi connectivity index (χ2v) is 7.02. The summed E-state index contributed by atoms with van der Waals surface area (Å²) >= 11 is 0.707. The normalized spacial score (nSPS) is 26.3. The third kappa shape index (κ3) is 3.29. The Morgan fingerprint density at radius 3 is 3.19 bits per heavy atom. The molecule has 4 heteroatoms. The Bertz CT molecular complexity index is 304. The maximum absolute atomic E-state index is 4.44. The Hall–Kier alpha value is -0.411. The Balaban J connectivity index is 2.03. The number of hydrogen-bond acceptors (Lipinski definition) is 3. The molecule has 2 heterocycles. The molecule has 2 atom stereocenters. The van der Waals surface area contributed by atoms with Crippen LogP contribution in [0.25, 0.3) is 0 Å². The van der Waals surface area contributed by atoms with E-state index in [1.54, 1.807) is 0 Å². The maximum atomic E-state index is 4.44. The zero-order chi connectivity index (χ0) is 11.2. The fourth-order valence-electron chi connectivity index (χ4n) is 1.95. The van der Waals surface area contributed by atoms with Gasteiger partial charge in [0.15, 0.2) is 0 Å². The van der Waals surface area contributed by atoms with Crippen LogP contribution in [0.5, 0.6) is 0 Å². The summed E-state index contributed by atoms with van der Waals surface area (Å²) in [5.41, 5.74) is 1.16. The molecule has 2 unspecified atom stereocenters. The first kappa shape index (κ1) is 12.1. The van der Waals surface area contributed by atoms with Crippen molar-refractivity contribution in [3.8, 4) is 0 Å². The predicted octanol–water partition coefficient (Wildman–Crippen LogP) is 1.17. The molecule has 0 aliphatic carbocycles. The van der Waals surface area contributed by atoms with E-state index in [2.05, 4.69) is 34.7 Å². The third-order valence-corrected chi connectivity index (χ3v) is 5.06. The zero-order valence-electron chi connectivity index (χ0n) is 9.65. The van der Waals surface area contributed by atoms with Crippen LogP contribution in [-0.2, 0) is 0 Å². The first-order valence-corrected chi connectivity index (χ1v) is 8.09. The van der Waals surface area contributed by atoms with Gasteiger partial charge in [0.25, 0.3) is 0 Å². The van der Waals surface area contributed by atoms with E-state index in [1.807, 2.05) is 12.3 Å². The number of pyridine rings is 1. The summed E-state index contributed by atoms with van der Waals surface area (Å²) in [6, 6.07) is 6.53. The van der Waals surface area contributed by atoms with E-state index in [0.717, 1.165) is 18.8 Å². The number of hydrogen-bond donors (Lipinski definition) is 2. The van der Waals surface area contributed by atoms with Crippen LogP contribution in [0.3, 0.4) is 0 Å². The van der Waals surface area contributed by atoms with Crippen LogP contribution in [0, 0.1) is 0 Å². The quantitative estimate of drug-likeness (QED) is 0.818. The van der Waals surface area contributed by atoms with Crippen molar-refractivity contribution in [2.45, 2.75) is 29.6 Å². The number of aromatic nitrogens is 1. The summed E-state index contributed by atoms with van der Waals surface area (Å²) in [4.78, 5) is 5.14. The monoisotopic (exact) mass is 285 g/mol. The van der Waals surface area contributed by atoms with E-state index < -0.39 is 0 Å². The molecule has 1 saturated heterocycles. The van der Waals surface area contributed by atoms with Crippen molar-refractivity contribution in [2.24, 2.45) is 0 Å². The van der Waals surface area contributed by atoms with Crippen LogP contribution < -0.4 is 10.6 Å². The van der Waals surface area contributed by atoms with Gasteiger partial charge >= 0.3 is 103 Å². The van der Waals surface area contributed by atoms with Crippen molar-refractivity contribution in [1.29, 1.82) is 0 Å². The van der Waals surface area contributed by atoms with E-state index >= 15 is 0 Å². The van der Waals surface area contributed by atoms with Gasteiger partial charge in [-0.2, -0.15) is 0 Å². The molecule has 2 rings (SSSR count). The molecule has 0 saturated carbocycles. The van der Waals surface area contributed by atoms with E-state index in [9.17, 15) is 0 Å². The van der Waals surface area contributed by atoms with E-state index in [0.29, 0.717) is 25.9 Å². The van der Waals surface area contributed by atoms with Crippen molar-refractivity contribution in [1.82, 2.24) is 15.6 Å². The molecular formula is C12H19N3Se. The number of nitrogens with one attached hydrogen (secondary N) is 2. The van der Waals surface area contributed by atoms with Crippen molar-refractivity contribution in [3.63, 3.8) is 0 Å². The molecular weight excluding hydrogens is 265 g/mol. The summed E-state index contributed by atoms with van der Waals surface area (Å²) in [6.45, 7) is 4.39. The van der Waals surface area contributed by atoms with Gasteiger partial charge < -0.3 is 0 Å². The topological polar surface area (TPSA) is 37.0 Å². The van der Waals surface area contributed by atoms with Gasteiger partial charge in [-0.1, -0.05) is 0 Å². The van der Waals surface area contributed by atoms with Gasteiger partial charge in [-0.15, -0.1) is 0 Å². The molecule has 88 valence electrons. The Morgan fingerprint density at radius 1 is 1.50 bits per heavy atom. The second-order valence-electron chi connectivity index (χ2n) is 3.91. The van der Waals surface area contributed by atoms with E-state index in [4.69, 9.17) is 0 Å². The summed E-state index contributed by atoms with van der Waals surface area (Å²) in [5.74, 6) is 0. The fourth-order valence-corrected chi connectivity index (χ4v) is 3.94. The molecule has 0 aromatic carbocycles. The average molecular weight is 284 g/mol. The van der Waals surface area contributed by atoms with Crippen LogP contribution in [0.15, 0.2) is 24.4 Å². The fraction of sp³-hybridized carbons (Fsp3) is 0.583. The molecule has 1 aliphatic rings. The van der Waals surface area contributed by atoms with Gasteiger partial charge in [0.2, 0.25) is 0 Å². The summed E-state index contributed by atoms with van der Waals surface area (Å²) < 4.78 is 0. The minimum absolute atomic E-state index is 0.377. The van der Waals surface area contributed by atoms with Gasteiger partial charge in [0, 0.05) is 0 Å². The molecule has 0 amide bonds. The van der Waals surface area contributed by atoms with Crippen molar-refractivity contribution in [3.05, 3.63) is 30.1 Å². The molecule has 2 N–H and O–H groups in total. The second kappa shape index (κ2) is 6.36. The zero-order valence-corrected chi connectivity index (χ0v) is 11.4. The van der Waals surface area contributed by atoms with Gasteiger partial charge in [-0.3, -0.25) is 0 Å². The minimum atomic E-state index is 0.377. The van der Waals surface area contributed by atoms with Gasteiger partial charge in [-0.25, -0.2) is 0 Å². The number of nitrogens with zero attached hydrogens (tertiary/aromatic N) is 1. The predicted molar refractivity (Wildman–Crippen MR) is 67.6 cm³/mol. The standard InChI is InChI=1S/C12H19N3Se/c1-2-16-12-6-8-13-9-11(15-12)10-5-3-4-7-14-10/h3-5,7,11-13,15H,2,6,8-9H2,1H3. The van der Waals surface area contributed by atoms with Gasteiger partial charge in [-0.05, 0) is 0 Å². The Labute approximate surface area is 104 Å².